The fourth-order valence-corrected chi connectivity index (χ4v) is 5.01. The van der Waals surface area contributed by atoms with Crippen LogP contribution in [0.2, 0.25) is 0 Å². The van der Waals surface area contributed by atoms with E-state index in [2.05, 4.69) is 75.5 Å². The van der Waals surface area contributed by atoms with Gasteiger partial charge in [-0.15, -0.1) is 0 Å². The highest BCUT2D eigenvalue weighted by Crippen LogP contribution is 2.11. The van der Waals surface area contributed by atoms with Crippen LogP contribution in [0, 0.1) is 0 Å². The van der Waals surface area contributed by atoms with Crippen molar-refractivity contribution in [2.24, 2.45) is 0 Å². The summed E-state index contributed by atoms with van der Waals surface area (Å²) in [6.45, 7) is 6.18. The largest absolute Gasteiger partial charge is 0.462 e. The summed E-state index contributed by atoms with van der Waals surface area (Å²) in [6, 6.07) is 0. The van der Waals surface area contributed by atoms with E-state index in [9.17, 15) is 14.4 Å². The van der Waals surface area contributed by atoms with Crippen molar-refractivity contribution in [2.45, 2.75) is 162 Å². The minimum atomic E-state index is -0.824. The average Bonchev–Trinajstić information content (AvgIpc) is 3.17. The normalized spacial score (nSPS) is 13.2. The fraction of sp³-hybridized carbons (Fsp3) is 0.562. The summed E-state index contributed by atoms with van der Waals surface area (Å²) in [6.07, 6.45) is 55.1. The van der Waals surface area contributed by atoms with E-state index in [1.54, 1.807) is 0 Å². The van der Waals surface area contributed by atoms with Gasteiger partial charge in [0.2, 0.25) is 0 Å². The Morgan fingerprint density at radius 1 is 0.407 bits per heavy atom. The number of esters is 3. The van der Waals surface area contributed by atoms with Crippen LogP contribution in [0.3, 0.4) is 0 Å². The predicted molar refractivity (Wildman–Crippen MR) is 228 cm³/mol. The molecule has 54 heavy (non-hydrogen) atoms. The van der Waals surface area contributed by atoms with Crippen LogP contribution in [-0.4, -0.2) is 37.2 Å². The Hall–Kier alpha value is -3.93. The lowest BCUT2D eigenvalue weighted by molar-refractivity contribution is -0.167. The van der Waals surface area contributed by atoms with Gasteiger partial charge in [-0.25, -0.2) is 0 Å². The first kappa shape index (κ1) is 50.1. The molecular weight excluding hydrogens is 673 g/mol. The van der Waals surface area contributed by atoms with Crippen molar-refractivity contribution in [2.75, 3.05) is 13.2 Å². The summed E-state index contributed by atoms with van der Waals surface area (Å²) in [7, 11) is 0. The SMILES string of the molecule is CC\C=C/C=C\C=C/C=C\C=C/CCCC(=O)OCC(COC(=O)CCCCC/C=C\C=C/CCCC)OC(=O)CCCCCCC/C=C\C/C=C\CC. The number of carbonyl (C=O) groups excluding carboxylic acids is 3. The zero-order valence-corrected chi connectivity index (χ0v) is 34.2. The Morgan fingerprint density at radius 3 is 1.44 bits per heavy atom. The molecule has 0 spiro atoms. The molecule has 0 aliphatic rings. The van der Waals surface area contributed by atoms with Crippen molar-refractivity contribution in [1.82, 2.24) is 0 Å². The van der Waals surface area contributed by atoms with E-state index < -0.39 is 6.10 Å². The second-order valence-corrected chi connectivity index (χ2v) is 13.3. The molecule has 0 aliphatic heterocycles. The number of carbonyl (C=O) groups is 3. The van der Waals surface area contributed by atoms with Crippen LogP contribution in [-0.2, 0) is 28.6 Å². The maximum Gasteiger partial charge on any atom is 0.306 e. The Labute approximate surface area is 330 Å². The fourth-order valence-electron chi connectivity index (χ4n) is 5.01. The highest BCUT2D eigenvalue weighted by Gasteiger charge is 2.19. The van der Waals surface area contributed by atoms with Crippen LogP contribution in [0.15, 0.2) is 109 Å². The van der Waals surface area contributed by atoms with Gasteiger partial charge in [-0.3, -0.25) is 14.4 Å². The summed E-state index contributed by atoms with van der Waals surface area (Å²) >= 11 is 0. The van der Waals surface area contributed by atoms with E-state index >= 15 is 0 Å². The van der Waals surface area contributed by atoms with Crippen LogP contribution in [0.1, 0.15) is 156 Å². The molecule has 0 amide bonds. The smallest absolute Gasteiger partial charge is 0.306 e. The van der Waals surface area contributed by atoms with Gasteiger partial charge in [0.15, 0.2) is 6.10 Å². The summed E-state index contributed by atoms with van der Waals surface area (Å²) in [5, 5.41) is 0. The molecule has 6 nitrogen and oxygen atoms in total. The van der Waals surface area contributed by atoms with Crippen LogP contribution in [0.25, 0.3) is 0 Å². The van der Waals surface area contributed by atoms with Gasteiger partial charge >= 0.3 is 17.9 Å². The number of hydrogen-bond donors (Lipinski definition) is 0. The number of rotatable bonds is 35. The molecule has 0 radical (unpaired) electrons. The first-order valence-electron chi connectivity index (χ1n) is 21.0. The van der Waals surface area contributed by atoms with Crippen molar-refractivity contribution in [1.29, 1.82) is 0 Å². The zero-order valence-electron chi connectivity index (χ0n) is 34.2. The Balaban J connectivity index is 4.60. The minimum absolute atomic E-state index is 0.124. The average molecular weight is 747 g/mol. The van der Waals surface area contributed by atoms with Crippen LogP contribution in [0.5, 0.6) is 0 Å². The number of allylic oxidation sites excluding steroid dienone is 18. The molecule has 0 bridgehead atoms. The molecule has 1 atom stereocenters. The first-order chi connectivity index (χ1) is 26.5. The van der Waals surface area contributed by atoms with Crippen molar-refractivity contribution < 1.29 is 28.6 Å². The maximum atomic E-state index is 12.7. The lowest BCUT2D eigenvalue weighted by Crippen LogP contribution is -2.30. The van der Waals surface area contributed by atoms with E-state index in [4.69, 9.17) is 14.2 Å². The highest BCUT2D eigenvalue weighted by molar-refractivity contribution is 5.71. The monoisotopic (exact) mass is 747 g/mol. The van der Waals surface area contributed by atoms with Crippen molar-refractivity contribution in [3.63, 3.8) is 0 Å². The standard InChI is InChI=1S/C48H74O6/c1-4-7-10-13-16-19-22-24-27-29-32-35-38-41-47(50)53-44-45(43-52-46(49)40-37-34-31-28-25-21-18-15-12-9-6-3)54-48(51)42-39-36-33-30-26-23-20-17-14-11-8-5-2/h7-8,10-11,13,15-22,24-25,27,29,32,45H,4-6,9,12,14,23,26,28,30-31,33-44H2,1-3H3/b10-7-,11-8-,16-13-,18-15-,20-17-,22-19-,25-21-,27-24-,32-29-. The highest BCUT2D eigenvalue weighted by atomic mass is 16.6. The molecule has 0 aromatic carbocycles. The number of unbranched alkanes of at least 4 members (excludes halogenated alkanes) is 11. The molecule has 0 saturated heterocycles. The van der Waals surface area contributed by atoms with Gasteiger partial charge < -0.3 is 14.2 Å². The predicted octanol–water partition coefficient (Wildman–Crippen LogP) is 13.2. The number of hydrogen-bond acceptors (Lipinski definition) is 6. The first-order valence-corrected chi connectivity index (χ1v) is 21.0. The molecule has 302 valence electrons. The van der Waals surface area contributed by atoms with Gasteiger partial charge in [0.1, 0.15) is 13.2 Å². The topological polar surface area (TPSA) is 78.9 Å². The molecule has 0 fully saturated rings. The Bertz CT molecular complexity index is 1180. The Kier molecular flexibility index (Phi) is 38.8. The molecule has 0 N–H and O–H groups in total. The van der Waals surface area contributed by atoms with E-state index in [0.29, 0.717) is 12.8 Å². The minimum Gasteiger partial charge on any atom is -0.462 e. The van der Waals surface area contributed by atoms with E-state index in [-0.39, 0.29) is 44.0 Å². The van der Waals surface area contributed by atoms with Gasteiger partial charge in [-0.1, -0.05) is 169 Å². The van der Waals surface area contributed by atoms with E-state index in [1.165, 1.54) is 12.8 Å². The lowest BCUT2D eigenvalue weighted by Gasteiger charge is -2.18. The van der Waals surface area contributed by atoms with Crippen molar-refractivity contribution >= 4 is 17.9 Å². The van der Waals surface area contributed by atoms with Gasteiger partial charge in [-0.05, 0) is 77.0 Å². The summed E-state index contributed by atoms with van der Waals surface area (Å²) in [4.78, 5) is 37.6. The third-order valence-electron chi connectivity index (χ3n) is 8.15. The summed E-state index contributed by atoms with van der Waals surface area (Å²) in [5.41, 5.74) is 0. The van der Waals surface area contributed by atoms with Gasteiger partial charge in [0.05, 0.1) is 0 Å². The molecule has 0 aromatic rings. The third-order valence-corrected chi connectivity index (χ3v) is 8.15. The Morgan fingerprint density at radius 2 is 0.833 bits per heavy atom. The van der Waals surface area contributed by atoms with Crippen molar-refractivity contribution in [3.05, 3.63) is 109 Å². The van der Waals surface area contributed by atoms with Crippen LogP contribution < -0.4 is 0 Å². The van der Waals surface area contributed by atoms with Crippen LogP contribution in [0.4, 0.5) is 0 Å². The molecule has 6 heteroatoms. The van der Waals surface area contributed by atoms with Crippen molar-refractivity contribution in [3.8, 4) is 0 Å². The zero-order chi connectivity index (χ0) is 39.4. The summed E-state index contributed by atoms with van der Waals surface area (Å²) < 4.78 is 16.5. The van der Waals surface area contributed by atoms with Gasteiger partial charge in [0, 0.05) is 19.3 Å². The molecule has 0 rings (SSSR count). The van der Waals surface area contributed by atoms with E-state index in [1.807, 2.05) is 54.7 Å². The number of ether oxygens (including phenoxy) is 3. The molecule has 0 aromatic heterocycles. The van der Waals surface area contributed by atoms with E-state index in [0.717, 1.165) is 96.3 Å². The van der Waals surface area contributed by atoms with Gasteiger partial charge in [0.25, 0.3) is 0 Å². The van der Waals surface area contributed by atoms with Crippen LogP contribution >= 0.6 is 0 Å². The third kappa shape index (κ3) is 39.3. The maximum absolute atomic E-state index is 12.7. The molecule has 1 unspecified atom stereocenters. The molecular formula is C48H74O6. The summed E-state index contributed by atoms with van der Waals surface area (Å²) in [5.74, 6) is -1.06. The molecule has 0 saturated carbocycles. The quantitative estimate of drug-likeness (QED) is 0.0211. The molecule has 0 heterocycles. The second kappa shape index (κ2) is 41.8. The van der Waals surface area contributed by atoms with Gasteiger partial charge in [-0.2, -0.15) is 0 Å². The second-order valence-electron chi connectivity index (χ2n) is 13.3. The lowest BCUT2D eigenvalue weighted by atomic mass is 10.1. The molecule has 0 aliphatic carbocycles.